The van der Waals surface area contributed by atoms with E-state index >= 15 is 0 Å². The molecule has 1 aromatic rings. The van der Waals surface area contributed by atoms with Gasteiger partial charge in [0.1, 0.15) is 0 Å². The van der Waals surface area contributed by atoms with E-state index in [1.54, 1.807) is 6.07 Å². The van der Waals surface area contributed by atoms with Gasteiger partial charge in [-0.05, 0) is 61.6 Å². The summed E-state index contributed by atoms with van der Waals surface area (Å²) in [4.78, 5) is 14.8. The van der Waals surface area contributed by atoms with Crippen LogP contribution in [-0.2, 0) is 16.1 Å². The highest BCUT2D eigenvalue weighted by Crippen LogP contribution is 2.59. The van der Waals surface area contributed by atoms with Crippen LogP contribution in [0, 0.1) is 5.41 Å². The van der Waals surface area contributed by atoms with Crippen LogP contribution in [0.25, 0.3) is 0 Å². The third-order valence-electron chi connectivity index (χ3n) is 6.42. The lowest BCUT2D eigenvalue weighted by Crippen LogP contribution is -2.68. The van der Waals surface area contributed by atoms with Gasteiger partial charge in [-0.1, -0.05) is 35.7 Å². The van der Waals surface area contributed by atoms with Crippen molar-refractivity contribution >= 4 is 29.1 Å². The molecule has 0 radical (unpaired) electrons. The molecule has 0 unspecified atom stereocenters. The van der Waals surface area contributed by atoms with Crippen LogP contribution < -0.4 is 5.73 Å². The quantitative estimate of drug-likeness (QED) is 0.830. The second-order valence-electron chi connectivity index (χ2n) is 8.41. The molecule has 1 spiro atoms. The van der Waals surface area contributed by atoms with Crippen molar-refractivity contribution in [2.75, 3.05) is 13.1 Å². The predicted octanol–water partition coefficient (Wildman–Crippen LogP) is 4.16. The first kappa shape index (κ1) is 18.5. The standard InChI is InChI=1S/C20H26Cl2N2O2/c21-16-3-2-14(10-17(16)22)11-26-15-4-8-24(9-5-15)18(25)20(23)12-19(13-20)6-1-7-19/h2-3,10,15H,1,4-9,11-13,23H2. The molecule has 1 saturated heterocycles. The molecule has 0 aromatic heterocycles. The van der Waals surface area contributed by atoms with Crippen molar-refractivity contribution < 1.29 is 9.53 Å². The zero-order chi connectivity index (χ0) is 18.4. The number of likely N-dealkylation sites (tertiary alicyclic amines) is 1. The minimum atomic E-state index is -0.603. The number of benzene rings is 1. The van der Waals surface area contributed by atoms with Crippen LogP contribution in [0.5, 0.6) is 0 Å². The first-order valence-electron chi connectivity index (χ1n) is 9.53. The van der Waals surface area contributed by atoms with Crippen molar-refractivity contribution in [3.8, 4) is 0 Å². The van der Waals surface area contributed by atoms with Crippen LogP contribution in [0.3, 0.4) is 0 Å². The van der Waals surface area contributed by atoms with Gasteiger partial charge >= 0.3 is 0 Å². The van der Waals surface area contributed by atoms with Crippen LogP contribution in [0.2, 0.25) is 10.0 Å². The molecule has 6 heteroatoms. The zero-order valence-corrected chi connectivity index (χ0v) is 16.5. The molecule has 0 bridgehead atoms. The van der Waals surface area contributed by atoms with Crippen LogP contribution in [-0.4, -0.2) is 35.5 Å². The van der Waals surface area contributed by atoms with Gasteiger partial charge in [-0.3, -0.25) is 4.79 Å². The molecular formula is C20H26Cl2N2O2. The second kappa shape index (κ2) is 6.97. The van der Waals surface area contributed by atoms with E-state index in [0.29, 0.717) is 22.1 Å². The Bertz CT molecular complexity index is 689. The van der Waals surface area contributed by atoms with Gasteiger partial charge in [0.05, 0.1) is 28.3 Å². The topological polar surface area (TPSA) is 55.6 Å². The molecule has 1 heterocycles. The molecule has 4 rings (SSSR count). The Morgan fingerprint density at radius 3 is 2.46 bits per heavy atom. The number of rotatable bonds is 4. The van der Waals surface area contributed by atoms with Crippen molar-refractivity contribution in [1.29, 1.82) is 0 Å². The van der Waals surface area contributed by atoms with Crippen LogP contribution >= 0.6 is 23.2 Å². The number of carbonyl (C=O) groups is 1. The molecule has 142 valence electrons. The van der Waals surface area contributed by atoms with Crippen molar-refractivity contribution in [2.24, 2.45) is 11.1 Å². The number of hydrogen-bond donors (Lipinski definition) is 1. The maximum absolute atomic E-state index is 12.8. The molecule has 3 fully saturated rings. The summed E-state index contributed by atoms with van der Waals surface area (Å²) in [6, 6.07) is 5.56. The third kappa shape index (κ3) is 3.49. The van der Waals surface area contributed by atoms with E-state index in [4.69, 9.17) is 33.7 Å². The average Bonchev–Trinajstić information content (AvgIpc) is 2.58. The normalized spacial score (nSPS) is 24.2. The first-order valence-corrected chi connectivity index (χ1v) is 10.3. The molecule has 1 amide bonds. The molecule has 1 aliphatic heterocycles. The summed E-state index contributed by atoms with van der Waals surface area (Å²) >= 11 is 12.0. The van der Waals surface area contributed by atoms with Gasteiger partial charge < -0.3 is 15.4 Å². The maximum Gasteiger partial charge on any atom is 0.242 e. The van der Waals surface area contributed by atoms with Gasteiger partial charge in [-0.2, -0.15) is 0 Å². The average molecular weight is 397 g/mol. The Morgan fingerprint density at radius 2 is 1.88 bits per heavy atom. The summed E-state index contributed by atoms with van der Waals surface area (Å²) in [6.45, 7) is 1.98. The highest BCUT2D eigenvalue weighted by Gasteiger charge is 2.59. The van der Waals surface area contributed by atoms with Crippen molar-refractivity contribution in [3.63, 3.8) is 0 Å². The molecule has 2 N–H and O–H groups in total. The molecule has 3 aliphatic rings. The van der Waals surface area contributed by atoms with Gasteiger partial charge in [0, 0.05) is 13.1 Å². The lowest BCUT2D eigenvalue weighted by atomic mass is 9.48. The van der Waals surface area contributed by atoms with E-state index in [0.717, 1.165) is 44.3 Å². The number of hydrogen-bond acceptors (Lipinski definition) is 3. The largest absolute Gasteiger partial charge is 0.373 e. The highest BCUT2D eigenvalue weighted by atomic mass is 35.5. The monoisotopic (exact) mass is 396 g/mol. The van der Waals surface area contributed by atoms with Gasteiger partial charge in [0.25, 0.3) is 0 Å². The summed E-state index contributed by atoms with van der Waals surface area (Å²) in [5.74, 6) is 0.151. The van der Waals surface area contributed by atoms with E-state index < -0.39 is 5.54 Å². The van der Waals surface area contributed by atoms with E-state index in [2.05, 4.69) is 0 Å². The Hall–Kier alpha value is -0.810. The van der Waals surface area contributed by atoms with Crippen LogP contribution in [0.15, 0.2) is 18.2 Å². The lowest BCUT2D eigenvalue weighted by molar-refractivity contribution is -0.154. The van der Waals surface area contributed by atoms with Crippen LogP contribution in [0.1, 0.15) is 50.5 Å². The summed E-state index contributed by atoms with van der Waals surface area (Å²) in [5.41, 5.74) is 7.23. The summed E-state index contributed by atoms with van der Waals surface area (Å²) in [6.07, 6.45) is 7.45. The summed E-state index contributed by atoms with van der Waals surface area (Å²) in [5, 5.41) is 1.10. The van der Waals surface area contributed by atoms with E-state index in [1.807, 2.05) is 17.0 Å². The van der Waals surface area contributed by atoms with E-state index in [-0.39, 0.29) is 12.0 Å². The van der Waals surface area contributed by atoms with Gasteiger partial charge in [-0.15, -0.1) is 0 Å². The van der Waals surface area contributed by atoms with Gasteiger partial charge in [0.2, 0.25) is 5.91 Å². The number of nitrogens with zero attached hydrogens (tertiary/aromatic N) is 1. The van der Waals surface area contributed by atoms with Gasteiger partial charge in [-0.25, -0.2) is 0 Å². The highest BCUT2D eigenvalue weighted by molar-refractivity contribution is 6.42. The zero-order valence-electron chi connectivity index (χ0n) is 15.0. The van der Waals surface area contributed by atoms with Crippen molar-refractivity contribution in [2.45, 2.75) is 63.2 Å². The fourth-order valence-electron chi connectivity index (χ4n) is 4.85. The maximum atomic E-state index is 12.8. The predicted molar refractivity (Wildman–Crippen MR) is 103 cm³/mol. The molecule has 2 aliphatic carbocycles. The molecule has 0 atom stereocenters. The van der Waals surface area contributed by atoms with Crippen molar-refractivity contribution in [1.82, 2.24) is 4.90 Å². The van der Waals surface area contributed by atoms with E-state index in [9.17, 15) is 4.79 Å². The Balaban J connectivity index is 1.24. The molecular weight excluding hydrogens is 371 g/mol. The Labute approximate surface area is 165 Å². The smallest absolute Gasteiger partial charge is 0.242 e. The summed E-state index contributed by atoms with van der Waals surface area (Å²) < 4.78 is 6.01. The third-order valence-corrected chi connectivity index (χ3v) is 7.16. The summed E-state index contributed by atoms with van der Waals surface area (Å²) in [7, 11) is 0. The SMILES string of the molecule is NC1(C(=O)N2CCC(OCc3ccc(Cl)c(Cl)c3)CC2)CC2(CCC2)C1. The van der Waals surface area contributed by atoms with Crippen molar-refractivity contribution in [3.05, 3.63) is 33.8 Å². The van der Waals surface area contributed by atoms with Crippen LogP contribution in [0.4, 0.5) is 0 Å². The minimum Gasteiger partial charge on any atom is -0.373 e. The fraction of sp³-hybridized carbons (Fsp3) is 0.650. The molecule has 1 aromatic carbocycles. The van der Waals surface area contributed by atoms with Gasteiger partial charge in [0.15, 0.2) is 0 Å². The number of piperidine rings is 1. The number of amides is 1. The first-order chi connectivity index (χ1) is 12.4. The minimum absolute atomic E-state index is 0.151. The molecule has 4 nitrogen and oxygen atoms in total. The Morgan fingerprint density at radius 1 is 1.19 bits per heavy atom. The van der Waals surface area contributed by atoms with E-state index in [1.165, 1.54) is 19.3 Å². The number of nitrogens with two attached hydrogens (primary N) is 1. The Kier molecular flexibility index (Phi) is 4.98. The molecule has 26 heavy (non-hydrogen) atoms. The lowest BCUT2D eigenvalue weighted by Gasteiger charge is -2.59. The fourth-order valence-corrected chi connectivity index (χ4v) is 5.17. The molecule has 2 saturated carbocycles. The number of carbonyl (C=O) groups excluding carboxylic acids is 1. The number of ether oxygens (including phenoxy) is 1. The second-order valence-corrected chi connectivity index (χ2v) is 9.23. The number of halogens is 2.